The SMILES string of the molecule is N#C/C(=C\c1ccc(N2CCOCC2)cc1)[S+]([O-])NCC(O)CO. The zero-order valence-electron chi connectivity index (χ0n) is 13.2. The van der Waals surface area contributed by atoms with E-state index in [2.05, 4.69) is 9.62 Å². The molecule has 7 nitrogen and oxygen atoms in total. The van der Waals surface area contributed by atoms with Gasteiger partial charge in [0.25, 0.3) is 4.91 Å². The van der Waals surface area contributed by atoms with Crippen LogP contribution in [0.1, 0.15) is 5.56 Å². The summed E-state index contributed by atoms with van der Waals surface area (Å²) in [6, 6.07) is 9.54. The van der Waals surface area contributed by atoms with Crippen molar-refractivity contribution < 1.29 is 19.5 Å². The highest BCUT2D eigenvalue weighted by molar-refractivity contribution is 7.93. The van der Waals surface area contributed by atoms with Crippen molar-refractivity contribution in [3.8, 4) is 6.07 Å². The van der Waals surface area contributed by atoms with Crippen molar-refractivity contribution in [2.45, 2.75) is 6.10 Å². The number of morpholine rings is 1. The summed E-state index contributed by atoms with van der Waals surface area (Å²) in [6.07, 6.45) is 0.527. The number of nitrogens with zero attached hydrogens (tertiary/aromatic N) is 2. The minimum atomic E-state index is -1.74. The molecule has 2 atom stereocenters. The van der Waals surface area contributed by atoms with Gasteiger partial charge >= 0.3 is 0 Å². The lowest BCUT2D eigenvalue weighted by molar-refractivity contribution is 0.0989. The lowest BCUT2D eigenvalue weighted by Gasteiger charge is -2.28. The van der Waals surface area contributed by atoms with Gasteiger partial charge in [0.15, 0.2) is 6.07 Å². The first-order valence-electron chi connectivity index (χ1n) is 7.63. The van der Waals surface area contributed by atoms with E-state index in [1.54, 1.807) is 0 Å². The van der Waals surface area contributed by atoms with Crippen LogP contribution in [0.15, 0.2) is 29.2 Å². The lowest BCUT2D eigenvalue weighted by atomic mass is 10.2. The molecule has 0 bridgehead atoms. The second-order valence-electron chi connectivity index (χ2n) is 5.26. The number of anilines is 1. The van der Waals surface area contributed by atoms with Crippen molar-refractivity contribution >= 4 is 23.1 Å². The number of nitriles is 1. The number of allylic oxidation sites excluding steroid dienone is 1. The minimum Gasteiger partial charge on any atom is -0.592 e. The molecule has 0 aliphatic carbocycles. The normalized spacial score (nSPS) is 18.1. The van der Waals surface area contributed by atoms with Crippen LogP contribution in [0.25, 0.3) is 6.08 Å². The number of hydrogen-bond acceptors (Lipinski definition) is 7. The fourth-order valence-corrected chi connectivity index (χ4v) is 3.02. The average Bonchev–Trinajstić information content (AvgIpc) is 2.65. The van der Waals surface area contributed by atoms with Crippen LogP contribution in [0.3, 0.4) is 0 Å². The molecule has 1 aromatic carbocycles. The fourth-order valence-electron chi connectivity index (χ4n) is 2.20. The Bertz CT molecular complexity index is 582. The molecule has 1 heterocycles. The average molecular weight is 351 g/mol. The van der Waals surface area contributed by atoms with E-state index in [0.717, 1.165) is 24.3 Å². The van der Waals surface area contributed by atoms with Crippen LogP contribution in [-0.2, 0) is 16.1 Å². The Morgan fingerprint density at radius 3 is 2.67 bits per heavy atom. The molecule has 1 aliphatic rings. The summed E-state index contributed by atoms with van der Waals surface area (Å²) < 4.78 is 19.8. The Morgan fingerprint density at radius 1 is 1.42 bits per heavy atom. The Kier molecular flexibility index (Phi) is 7.52. The maximum atomic E-state index is 12.0. The molecule has 8 heteroatoms. The van der Waals surface area contributed by atoms with E-state index in [4.69, 9.17) is 15.1 Å². The number of aliphatic hydroxyl groups excluding tert-OH is 2. The number of aliphatic hydroxyl groups is 2. The van der Waals surface area contributed by atoms with Gasteiger partial charge in [0.1, 0.15) is 0 Å². The zero-order valence-corrected chi connectivity index (χ0v) is 14.0. The highest BCUT2D eigenvalue weighted by Crippen LogP contribution is 2.19. The summed E-state index contributed by atoms with van der Waals surface area (Å²) in [4.78, 5) is 2.28. The number of ether oxygens (including phenoxy) is 1. The highest BCUT2D eigenvalue weighted by atomic mass is 32.2. The number of benzene rings is 1. The van der Waals surface area contributed by atoms with Crippen LogP contribution < -0.4 is 9.62 Å². The van der Waals surface area contributed by atoms with E-state index in [1.165, 1.54) is 6.08 Å². The van der Waals surface area contributed by atoms with Crippen molar-refractivity contribution in [3.63, 3.8) is 0 Å². The Morgan fingerprint density at radius 2 is 2.08 bits per heavy atom. The molecule has 0 saturated carbocycles. The first-order valence-corrected chi connectivity index (χ1v) is 8.77. The van der Waals surface area contributed by atoms with Crippen LogP contribution in [0, 0.1) is 11.3 Å². The Hall–Kier alpha value is -1.60. The molecule has 0 spiro atoms. The van der Waals surface area contributed by atoms with Gasteiger partial charge in [-0.05, 0) is 17.7 Å². The van der Waals surface area contributed by atoms with Gasteiger partial charge in [-0.15, -0.1) is 4.72 Å². The monoisotopic (exact) mass is 351 g/mol. The van der Waals surface area contributed by atoms with E-state index < -0.39 is 24.1 Å². The largest absolute Gasteiger partial charge is 0.592 e. The van der Waals surface area contributed by atoms with E-state index in [-0.39, 0.29) is 11.4 Å². The highest BCUT2D eigenvalue weighted by Gasteiger charge is 2.17. The molecule has 0 aromatic heterocycles. The lowest BCUT2D eigenvalue weighted by Crippen LogP contribution is -2.36. The minimum absolute atomic E-state index is 0.0549. The number of rotatable bonds is 7. The molecule has 130 valence electrons. The summed E-state index contributed by atoms with van der Waals surface area (Å²) in [6.45, 7) is 2.63. The van der Waals surface area contributed by atoms with Crippen LogP contribution in [0.4, 0.5) is 5.69 Å². The smallest absolute Gasteiger partial charge is 0.250 e. The first-order chi connectivity index (χ1) is 11.6. The van der Waals surface area contributed by atoms with Crippen LogP contribution in [0.2, 0.25) is 0 Å². The summed E-state index contributed by atoms with van der Waals surface area (Å²) in [5.74, 6) is 0. The van der Waals surface area contributed by atoms with Crippen LogP contribution in [0.5, 0.6) is 0 Å². The number of hydrogen-bond donors (Lipinski definition) is 3. The summed E-state index contributed by atoms with van der Waals surface area (Å²) in [7, 11) is 0. The molecule has 1 aliphatic heterocycles. The molecular weight excluding hydrogens is 330 g/mol. The van der Waals surface area contributed by atoms with Gasteiger partial charge in [-0.25, -0.2) is 0 Å². The molecule has 1 aromatic rings. The second-order valence-corrected chi connectivity index (χ2v) is 6.53. The summed E-state index contributed by atoms with van der Waals surface area (Å²) in [5.41, 5.74) is 1.85. The molecule has 2 rings (SSSR count). The van der Waals surface area contributed by atoms with E-state index >= 15 is 0 Å². The maximum absolute atomic E-state index is 12.0. The molecule has 2 unspecified atom stereocenters. The van der Waals surface area contributed by atoms with Crippen molar-refractivity contribution in [3.05, 3.63) is 34.7 Å². The van der Waals surface area contributed by atoms with Crippen molar-refractivity contribution in [2.75, 3.05) is 44.4 Å². The van der Waals surface area contributed by atoms with E-state index in [1.807, 2.05) is 30.3 Å². The first kappa shape index (κ1) is 18.7. The standard InChI is InChI=1S/C16H21N3O4S/c17-10-16(24(22)18-11-15(21)12-20)9-13-1-3-14(4-2-13)19-5-7-23-8-6-19/h1-4,9,15,18,20-21H,5-8,11-12H2/b16-9+. The van der Waals surface area contributed by atoms with Gasteiger partial charge in [0.2, 0.25) is 0 Å². The third-order valence-electron chi connectivity index (χ3n) is 3.54. The molecule has 3 N–H and O–H groups in total. The van der Waals surface area contributed by atoms with Gasteiger partial charge in [0.05, 0.1) is 43.8 Å². The molecular formula is C16H21N3O4S. The Labute approximate surface area is 144 Å². The number of nitrogens with one attached hydrogen (secondary N) is 1. The molecule has 1 saturated heterocycles. The van der Waals surface area contributed by atoms with Crippen molar-refractivity contribution in [2.24, 2.45) is 0 Å². The topological polar surface area (TPSA) is 112 Å². The van der Waals surface area contributed by atoms with E-state index in [0.29, 0.717) is 13.2 Å². The van der Waals surface area contributed by atoms with Gasteiger partial charge < -0.3 is 24.4 Å². The van der Waals surface area contributed by atoms with Crippen molar-refractivity contribution in [1.82, 2.24) is 4.72 Å². The van der Waals surface area contributed by atoms with E-state index in [9.17, 15) is 9.66 Å². The summed E-state index contributed by atoms with van der Waals surface area (Å²) in [5, 5.41) is 27.1. The van der Waals surface area contributed by atoms with Crippen LogP contribution >= 0.6 is 0 Å². The van der Waals surface area contributed by atoms with Gasteiger partial charge in [0, 0.05) is 24.9 Å². The van der Waals surface area contributed by atoms with Gasteiger partial charge in [-0.3, -0.25) is 0 Å². The second kappa shape index (κ2) is 9.64. The molecule has 24 heavy (non-hydrogen) atoms. The Balaban J connectivity index is 2.00. The predicted molar refractivity (Wildman–Crippen MR) is 92.3 cm³/mol. The molecule has 0 radical (unpaired) electrons. The molecule has 1 fully saturated rings. The third-order valence-corrected chi connectivity index (χ3v) is 4.58. The third kappa shape index (κ3) is 5.49. The van der Waals surface area contributed by atoms with Crippen molar-refractivity contribution in [1.29, 1.82) is 5.26 Å². The zero-order chi connectivity index (χ0) is 17.4. The predicted octanol–water partition coefficient (Wildman–Crippen LogP) is -0.00582. The molecule has 0 amide bonds. The van der Waals surface area contributed by atoms with Gasteiger partial charge in [-0.2, -0.15) is 5.26 Å². The van der Waals surface area contributed by atoms with Gasteiger partial charge in [-0.1, -0.05) is 12.1 Å². The fraction of sp³-hybridized carbons (Fsp3) is 0.438. The van der Waals surface area contributed by atoms with Crippen LogP contribution in [-0.4, -0.2) is 60.3 Å². The quantitative estimate of drug-likeness (QED) is 0.468. The summed E-state index contributed by atoms with van der Waals surface area (Å²) >= 11 is -1.74. The maximum Gasteiger partial charge on any atom is 0.250 e.